The number of aromatic amines is 1. The molecule has 0 saturated heterocycles. The number of nitrogens with zero attached hydrogens (tertiary/aromatic N) is 1. The number of hydrogen-bond donors (Lipinski definition) is 1. The van der Waals surface area contributed by atoms with Crippen molar-refractivity contribution in [3.8, 4) is 16.9 Å². The summed E-state index contributed by atoms with van der Waals surface area (Å²) in [5.41, 5.74) is 7.44. The van der Waals surface area contributed by atoms with Crippen LogP contribution < -0.4 is 10.3 Å². The maximum absolute atomic E-state index is 13.1. The van der Waals surface area contributed by atoms with Crippen LogP contribution in [0.2, 0.25) is 0 Å². The van der Waals surface area contributed by atoms with Gasteiger partial charge < -0.3 is 19.2 Å². The van der Waals surface area contributed by atoms with Crippen molar-refractivity contribution in [1.82, 2.24) is 9.97 Å². The Morgan fingerprint density at radius 1 is 1.14 bits per heavy atom. The molecular formula is C36H42N2O5. The van der Waals surface area contributed by atoms with Crippen molar-refractivity contribution in [2.24, 2.45) is 11.3 Å². The van der Waals surface area contributed by atoms with Gasteiger partial charge in [-0.05, 0) is 111 Å². The molecule has 1 unspecified atom stereocenters. The van der Waals surface area contributed by atoms with Gasteiger partial charge in [0.05, 0.1) is 29.7 Å². The quantitative estimate of drug-likeness (QED) is 0.121. The summed E-state index contributed by atoms with van der Waals surface area (Å²) in [5.74, 6) is 1.16. The Balaban J connectivity index is 1.60. The molecule has 226 valence electrons. The molecule has 43 heavy (non-hydrogen) atoms. The lowest BCUT2D eigenvalue weighted by molar-refractivity contribution is -0.187. The first-order chi connectivity index (χ1) is 20.7. The number of fused-ring (bicyclic) bond motifs is 1. The lowest BCUT2D eigenvalue weighted by Gasteiger charge is -2.27. The van der Waals surface area contributed by atoms with Crippen molar-refractivity contribution in [2.75, 3.05) is 13.2 Å². The van der Waals surface area contributed by atoms with Crippen LogP contribution in [0.4, 0.5) is 0 Å². The predicted octanol–water partition coefficient (Wildman–Crippen LogP) is 7.21. The molecule has 0 spiro atoms. The molecule has 2 aliphatic rings. The van der Waals surface area contributed by atoms with Gasteiger partial charge in [0.15, 0.2) is 0 Å². The number of esters is 1. The maximum atomic E-state index is 13.1. The fourth-order valence-electron chi connectivity index (χ4n) is 6.13. The van der Waals surface area contributed by atoms with Crippen molar-refractivity contribution < 1.29 is 19.0 Å². The van der Waals surface area contributed by atoms with Crippen LogP contribution in [-0.2, 0) is 33.5 Å². The van der Waals surface area contributed by atoms with E-state index in [2.05, 4.69) is 31.0 Å². The zero-order chi connectivity index (χ0) is 30.3. The molecule has 0 bridgehead atoms. The molecule has 0 amide bonds. The Morgan fingerprint density at radius 2 is 1.95 bits per heavy atom. The van der Waals surface area contributed by atoms with Gasteiger partial charge in [0.25, 0.3) is 0 Å². The number of rotatable bonds is 10. The summed E-state index contributed by atoms with van der Waals surface area (Å²) in [5, 5.41) is 1.99. The molecule has 1 aliphatic carbocycles. The Kier molecular flexibility index (Phi) is 8.03. The third-order valence-corrected chi connectivity index (χ3v) is 8.75. The van der Waals surface area contributed by atoms with E-state index in [9.17, 15) is 9.59 Å². The van der Waals surface area contributed by atoms with E-state index in [-0.39, 0.29) is 11.5 Å². The number of pyridine rings is 2. The Hall–Kier alpha value is -3.71. The topological polar surface area (TPSA) is 90.5 Å². The van der Waals surface area contributed by atoms with Crippen molar-refractivity contribution in [3.05, 3.63) is 69.1 Å². The zero-order valence-electron chi connectivity index (χ0n) is 26.0. The van der Waals surface area contributed by atoms with E-state index in [0.29, 0.717) is 25.6 Å². The van der Waals surface area contributed by atoms with Crippen LogP contribution in [0, 0.1) is 18.3 Å². The average molecular weight is 583 g/mol. The van der Waals surface area contributed by atoms with Gasteiger partial charge in [-0.15, -0.1) is 0 Å². The minimum atomic E-state index is -0.749. The lowest BCUT2D eigenvalue weighted by atomic mass is 9.84. The first-order valence-corrected chi connectivity index (χ1v) is 15.7. The Bertz CT molecular complexity index is 1740. The highest BCUT2D eigenvalue weighted by Gasteiger charge is 2.31. The summed E-state index contributed by atoms with van der Waals surface area (Å²) >= 11 is 0. The molecule has 1 aliphatic heterocycles. The molecule has 1 N–H and O–H groups in total. The molecule has 6 rings (SSSR count). The van der Waals surface area contributed by atoms with Crippen LogP contribution in [0.5, 0.6) is 5.75 Å². The molecule has 7 nitrogen and oxygen atoms in total. The number of hydrogen-bond acceptors (Lipinski definition) is 6. The van der Waals surface area contributed by atoms with Crippen LogP contribution in [-0.4, -0.2) is 35.4 Å². The number of H-pyrrole nitrogens is 1. The van der Waals surface area contributed by atoms with Gasteiger partial charge in [0, 0.05) is 41.4 Å². The van der Waals surface area contributed by atoms with E-state index in [4.69, 9.17) is 19.2 Å². The molecule has 1 atom stereocenters. The number of aromatic nitrogens is 2. The maximum Gasteiger partial charge on any atom is 0.313 e. The van der Waals surface area contributed by atoms with Crippen molar-refractivity contribution in [3.63, 3.8) is 0 Å². The number of unbranched alkanes of at least 4 members (excludes halogenated alkanes) is 1. The first-order valence-electron chi connectivity index (χ1n) is 15.7. The van der Waals surface area contributed by atoms with Crippen molar-refractivity contribution >= 4 is 27.8 Å². The Labute approximate surface area is 253 Å². The average Bonchev–Trinajstić information content (AvgIpc) is 3.80. The van der Waals surface area contributed by atoms with Crippen molar-refractivity contribution in [2.45, 2.75) is 85.9 Å². The third-order valence-electron chi connectivity index (χ3n) is 8.75. The van der Waals surface area contributed by atoms with Gasteiger partial charge in [-0.25, -0.2) is 0 Å². The van der Waals surface area contributed by atoms with E-state index >= 15 is 0 Å². The SMILES string of the molecule is CCCCOC(Cc1c(C)c(CC2CC2)c2[nH]c(=O)ccc2c1-c1ccc2c3c(ccnc13)CCO2)OC(=O)C(C)(C)C. The Morgan fingerprint density at radius 3 is 2.70 bits per heavy atom. The standard InChI is InChI=1S/C36H42N2O5/c1-6-7-17-42-30(43-35(40)36(3,4)5)20-26-21(2)27(19-22-8-9-22)33-24(11-13-29(39)38-33)32(26)25-10-12-28-31-23(15-18-41-28)14-16-37-34(25)31/h10-14,16,22,30H,6-9,15,17-20H2,1-5H3,(H,38,39). The highest BCUT2D eigenvalue weighted by atomic mass is 16.7. The summed E-state index contributed by atoms with van der Waals surface area (Å²) in [4.78, 5) is 33.9. The monoisotopic (exact) mass is 582 g/mol. The number of benzene rings is 2. The van der Waals surface area contributed by atoms with Crippen LogP contribution in [0.25, 0.3) is 32.9 Å². The lowest BCUT2D eigenvalue weighted by Crippen LogP contribution is -2.31. The second-order valence-electron chi connectivity index (χ2n) is 13.1. The van der Waals surface area contributed by atoms with Gasteiger partial charge in [-0.1, -0.05) is 13.3 Å². The minimum absolute atomic E-state index is 0.119. The molecule has 7 heteroatoms. The van der Waals surface area contributed by atoms with Gasteiger partial charge in [0.2, 0.25) is 11.8 Å². The van der Waals surface area contributed by atoms with Gasteiger partial charge >= 0.3 is 5.97 Å². The van der Waals surface area contributed by atoms with E-state index in [1.165, 1.54) is 18.4 Å². The molecule has 2 aromatic carbocycles. The van der Waals surface area contributed by atoms with Crippen LogP contribution in [0.3, 0.4) is 0 Å². The number of carbonyl (C=O) groups is 1. The molecule has 1 fully saturated rings. The second-order valence-corrected chi connectivity index (χ2v) is 13.1. The highest BCUT2D eigenvalue weighted by molar-refractivity contribution is 6.08. The fraction of sp³-hybridized carbons (Fsp3) is 0.472. The predicted molar refractivity (Wildman–Crippen MR) is 170 cm³/mol. The van der Waals surface area contributed by atoms with E-state index < -0.39 is 11.7 Å². The molecule has 3 heterocycles. The van der Waals surface area contributed by atoms with Gasteiger partial charge in [0.1, 0.15) is 5.75 Å². The third kappa shape index (κ3) is 5.92. The van der Waals surface area contributed by atoms with Crippen molar-refractivity contribution in [1.29, 1.82) is 0 Å². The molecular weight excluding hydrogens is 540 g/mol. The van der Waals surface area contributed by atoms with E-state index in [1.807, 2.05) is 39.1 Å². The number of carbonyl (C=O) groups excluding carboxylic acids is 1. The van der Waals surface area contributed by atoms with E-state index in [0.717, 1.165) is 81.1 Å². The normalized spacial score (nSPS) is 15.5. The molecule has 2 aromatic heterocycles. The fourth-order valence-corrected chi connectivity index (χ4v) is 6.13. The first kappa shape index (κ1) is 29.4. The number of nitrogens with one attached hydrogen (secondary N) is 1. The molecule has 0 radical (unpaired) electrons. The minimum Gasteiger partial charge on any atom is -0.493 e. The van der Waals surface area contributed by atoms with E-state index in [1.54, 1.807) is 6.07 Å². The van der Waals surface area contributed by atoms with Gasteiger partial charge in [-0.3, -0.25) is 14.6 Å². The molecule has 1 saturated carbocycles. The smallest absolute Gasteiger partial charge is 0.313 e. The summed E-state index contributed by atoms with van der Waals surface area (Å²) in [6.45, 7) is 11.0. The summed E-state index contributed by atoms with van der Waals surface area (Å²) in [6, 6.07) is 9.72. The summed E-state index contributed by atoms with van der Waals surface area (Å²) in [6.07, 6.45) is 7.48. The van der Waals surface area contributed by atoms with Crippen LogP contribution >= 0.6 is 0 Å². The molecule has 4 aromatic rings. The highest BCUT2D eigenvalue weighted by Crippen LogP contribution is 2.45. The van der Waals surface area contributed by atoms with Crippen LogP contribution in [0.15, 0.2) is 41.3 Å². The van der Waals surface area contributed by atoms with Gasteiger partial charge in [-0.2, -0.15) is 0 Å². The largest absolute Gasteiger partial charge is 0.493 e. The zero-order valence-corrected chi connectivity index (χ0v) is 26.0. The van der Waals surface area contributed by atoms with Crippen LogP contribution in [0.1, 0.15) is 75.6 Å². The summed E-state index contributed by atoms with van der Waals surface area (Å²) in [7, 11) is 0. The summed E-state index contributed by atoms with van der Waals surface area (Å²) < 4.78 is 18.4. The number of ether oxygens (including phenoxy) is 3. The second kappa shape index (κ2) is 11.8.